The van der Waals surface area contributed by atoms with Crippen LogP contribution in [-0.4, -0.2) is 28.3 Å². The van der Waals surface area contributed by atoms with Gasteiger partial charge in [-0.25, -0.2) is 0 Å². The van der Waals surface area contributed by atoms with Crippen LogP contribution in [0.15, 0.2) is 0 Å². The van der Waals surface area contributed by atoms with Crippen molar-refractivity contribution >= 4 is 16.1 Å². The van der Waals surface area contributed by atoms with E-state index in [4.69, 9.17) is 4.31 Å². The molecule has 0 heterocycles. The fourth-order valence-corrected chi connectivity index (χ4v) is 7.52. The first-order chi connectivity index (χ1) is 8.10. The van der Waals surface area contributed by atoms with Crippen molar-refractivity contribution in [2.75, 3.05) is 18.5 Å². The topological polar surface area (TPSA) is 49.7 Å². The molecular weight excluding hydrogens is 254 g/mol. The summed E-state index contributed by atoms with van der Waals surface area (Å²) in [7, 11) is -3.76. The summed E-state index contributed by atoms with van der Waals surface area (Å²) in [6.07, 6.45) is 10.1. The lowest BCUT2D eigenvalue weighted by Crippen LogP contribution is -2.10. The quantitative estimate of drug-likeness (QED) is 0.547. The van der Waals surface area contributed by atoms with E-state index in [9.17, 15) is 9.79 Å². The maximum atomic E-state index is 9.21. The highest BCUT2D eigenvalue weighted by Gasteiger charge is 2.40. The highest BCUT2D eigenvalue weighted by atomic mass is 31.3. The lowest BCUT2D eigenvalue weighted by Gasteiger charge is -2.25. The van der Waals surface area contributed by atoms with Crippen molar-refractivity contribution < 1.29 is 14.1 Å². The molecule has 0 aliphatic heterocycles. The van der Waals surface area contributed by atoms with E-state index in [-0.39, 0.29) is 0 Å². The molecule has 5 heteroatoms. The van der Waals surface area contributed by atoms with Crippen LogP contribution in [0.5, 0.6) is 0 Å². The minimum absolute atomic E-state index is 1.06. The third kappa shape index (κ3) is 8.46. The molecule has 0 aliphatic carbocycles. The monoisotopic (exact) mass is 283 g/mol. The highest BCUT2D eigenvalue weighted by molar-refractivity contribution is 7.75. The van der Waals surface area contributed by atoms with Crippen molar-refractivity contribution in [3.63, 3.8) is 0 Å². The smallest absolute Gasteiger partial charge is 0.326 e. The molecule has 0 aromatic carbocycles. The summed E-state index contributed by atoms with van der Waals surface area (Å²) in [5.41, 5.74) is 0. The van der Waals surface area contributed by atoms with E-state index < -0.39 is 16.1 Å². The zero-order valence-corrected chi connectivity index (χ0v) is 13.3. The van der Waals surface area contributed by atoms with Gasteiger partial charge in [0.05, 0.1) is 18.5 Å². The molecule has 0 atom stereocenters. The molecule has 0 aromatic rings. The predicted octanol–water partition coefficient (Wildman–Crippen LogP) is 4.55. The number of hydrogen-bond donors (Lipinski definition) is 2. The van der Waals surface area contributed by atoms with Gasteiger partial charge in [-0.3, -0.25) is 0 Å². The van der Waals surface area contributed by atoms with E-state index >= 15 is 0 Å². The van der Waals surface area contributed by atoms with Gasteiger partial charge in [-0.2, -0.15) is 4.31 Å². The van der Waals surface area contributed by atoms with E-state index in [0.29, 0.717) is 0 Å². The Morgan fingerprint density at radius 3 is 1.41 bits per heavy atom. The van der Waals surface area contributed by atoms with Gasteiger partial charge in [0.25, 0.3) is 0 Å². The molecule has 0 spiro atoms. The molecular formula is C12H29O3P2+. The van der Waals surface area contributed by atoms with Crippen LogP contribution < -0.4 is 0 Å². The Kier molecular flexibility index (Phi) is 11.1. The Bertz CT molecular complexity index is 155. The van der Waals surface area contributed by atoms with Crippen LogP contribution in [-0.2, 0) is 4.31 Å². The van der Waals surface area contributed by atoms with E-state index in [1.165, 1.54) is 0 Å². The largest absolute Gasteiger partial charge is 0.366 e. The van der Waals surface area contributed by atoms with Crippen LogP contribution in [0, 0.1) is 0 Å². The first kappa shape index (κ1) is 17.7. The van der Waals surface area contributed by atoms with Gasteiger partial charge in [-0.05, 0) is 19.3 Å². The van der Waals surface area contributed by atoms with Gasteiger partial charge in [0.15, 0.2) is 7.49 Å². The summed E-state index contributed by atoms with van der Waals surface area (Å²) < 4.78 is 5.63. The van der Waals surface area contributed by atoms with Crippen molar-refractivity contribution in [3.05, 3.63) is 0 Å². The van der Waals surface area contributed by atoms with Crippen LogP contribution in [0.2, 0.25) is 0 Å². The van der Waals surface area contributed by atoms with Gasteiger partial charge in [0.1, 0.15) is 0 Å². The molecule has 0 aromatic heterocycles. The highest BCUT2D eigenvalue weighted by Crippen LogP contribution is 2.67. The standard InChI is InChI=1S/C12H29O3P2/c1-4-7-10-17(11-8-5-2,12-9-6-3)15-16(13)14/h13-14H,4-12H2,1-3H3/q+1. The van der Waals surface area contributed by atoms with Crippen LogP contribution in [0.4, 0.5) is 0 Å². The lowest BCUT2D eigenvalue weighted by atomic mass is 10.4. The second-order valence-electron chi connectivity index (χ2n) is 4.62. The van der Waals surface area contributed by atoms with Crippen LogP contribution in [0.25, 0.3) is 0 Å². The average molecular weight is 283 g/mol. The van der Waals surface area contributed by atoms with E-state index in [1.54, 1.807) is 0 Å². The fourth-order valence-electron chi connectivity index (χ4n) is 1.95. The first-order valence-corrected chi connectivity index (χ1v) is 10.3. The van der Waals surface area contributed by atoms with Gasteiger partial charge in [-0.15, -0.1) is 0 Å². The fraction of sp³-hybridized carbons (Fsp3) is 1.00. The molecule has 3 nitrogen and oxygen atoms in total. The molecule has 0 saturated heterocycles. The van der Waals surface area contributed by atoms with Crippen molar-refractivity contribution in [3.8, 4) is 0 Å². The van der Waals surface area contributed by atoms with Gasteiger partial charge < -0.3 is 9.79 Å². The first-order valence-electron chi connectivity index (χ1n) is 6.84. The molecule has 0 aliphatic rings. The minimum atomic E-state index is -2.19. The zero-order chi connectivity index (χ0) is 13.1. The second-order valence-corrected chi connectivity index (χ2v) is 9.24. The van der Waals surface area contributed by atoms with E-state index in [0.717, 1.165) is 57.0 Å². The van der Waals surface area contributed by atoms with Crippen molar-refractivity contribution in [1.82, 2.24) is 0 Å². The Labute approximate surface area is 108 Å². The summed E-state index contributed by atoms with van der Waals surface area (Å²) in [4.78, 5) is 18.4. The zero-order valence-electron chi connectivity index (χ0n) is 11.6. The van der Waals surface area contributed by atoms with Gasteiger partial charge >= 0.3 is 8.60 Å². The third-order valence-electron chi connectivity index (χ3n) is 3.00. The molecule has 0 fully saturated rings. The Morgan fingerprint density at radius 1 is 0.824 bits per heavy atom. The molecule has 104 valence electrons. The maximum Gasteiger partial charge on any atom is 0.366 e. The lowest BCUT2D eigenvalue weighted by molar-refractivity contribution is 0.383. The Morgan fingerprint density at radius 2 is 1.18 bits per heavy atom. The summed E-state index contributed by atoms with van der Waals surface area (Å²) in [6.45, 7) is 6.53. The molecule has 2 N–H and O–H groups in total. The number of unbranched alkanes of at least 4 members (excludes halogenated alkanes) is 3. The summed E-state index contributed by atoms with van der Waals surface area (Å²) in [5.74, 6) is 0. The van der Waals surface area contributed by atoms with Crippen LogP contribution in [0.1, 0.15) is 59.3 Å². The van der Waals surface area contributed by atoms with Crippen molar-refractivity contribution in [2.24, 2.45) is 0 Å². The SMILES string of the molecule is CCCC[P+](CCCC)(CCCC)OP(O)O. The average Bonchev–Trinajstić information content (AvgIpc) is 2.30. The predicted molar refractivity (Wildman–Crippen MR) is 78.7 cm³/mol. The molecule has 0 unspecified atom stereocenters. The summed E-state index contributed by atoms with van der Waals surface area (Å²) >= 11 is 0. The van der Waals surface area contributed by atoms with Crippen molar-refractivity contribution in [1.29, 1.82) is 0 Å². The molecule has 0 amide bonds. The summed E-state index contributed by atoms with van der Waals surface area (Å²) in [6, 6.07) is 0. The third-order valence-corrected chi connectivity index (χ3v) is 8.37. The van der Waals surface area contributed by atoms with Gasteiger partial charge in [0, 0.05) is 0 Å². The van der Waals surface area contributed by atoms with Crippen LogP contribution in [0.3, 0.4) is 0 Å². The maximum absolute atomic E-state index is 9.21. The van der Waals surface area contributed by atoms with Gasteiger partial charge in [0.2, 0.25) is 0 Å². The normalized spacial score (nSPS) is 12.4. The second kappa shape index (κ2) is 10.6. The Balaban J connectivity index is 4.51. The number of hydrogen-bond acceptors (Lipinski definition) is 3. The molecule has 0 bridgehead atoms. The molecule has 0 rings (SSSR count). The van der Waals surface area contributed by atoms with E-state index in [2.05, 4.69) is 20.8 Å². The minimum Gasteiger partial charge on any atom is -0.326 e. The summed E-state index contributed by atoms with van der Waals surface area (Å²) in [5, 5.41) is 0. The van der Waals surface area contributed by atoms with Crippen LogP contribution >= 0.6 is 16.1 Å². The van der Waals surface area contributed by atoms with Gasteiger partial charge in [-0.1, -0.05) is 40.0 Å². The Hall–Kier alpha value is 0.740. The molecule has 17 heavy (non-hydrogen) atoms. The number of rotatable bonds is 11. The van der Waals surface area contributed by atoms with E-state index in [1.807, 2.05) is 0 Å². The molecule has 0 radical (unpaired) electrons. The molecule has 0 saturated carbocycles. The van der Waals surface area contributed by atoms with Crippen molar-refractivity contribution in [2.45, 2.75) is 59.3 Å².